The average Bonchev–Trinajstić information content (AvgIpc) is 3.82. The van der Waals surface area contributed by atoms with Crippen LogP contribution in [0.4, 0.5) is 0 Å². The Morgan fingerprint density at radius 3 is 1.47 bits per heavy atom. The lowest BCUT2D eigenvalue weighted by atomic mass is 9.65. The minimum absolute atomic E-state index is 0.454. The highest BCUT2D eigenvalue weighted by Crippen LogP contribution is 2.60. The quantitative estimate of drug-likeness (QED) is 0.111. The van der Waals surface area contributed by atoms with Crippen molar-refractivity contribution in [3.05, 3.63) is 154 Å². The predicted octanol–water partition coefficient (Wildman–Crippen LogP) is 11.2. The standard InChI is InChI=1S/C52H58B2O4S/c1-11-13-15-34-17-21-36(22-18-34)52(37-23-19-35(20-24-37)16-14-12-2)46-30-39(54-57-49(6,7)50(8,9)58-54)26-28-41(46)43-31-45-42(32-47(43)52)40-27-25-38(29-44(40)51(45,10)59)53-55-33(3)48(4,5)56-53/h17-32,59H,3,11-16H2,1-2,4-10H3. The fraction of sp³-hybridized carbons (Fsp3) is 0.385. The average molecular weight is 801 g/mol. The molecule has 2 heterocycles. The van der Waals surface area contributed by atoms with Crippen molar-refractivity contribution in [2.45, 2.75) is 128 Å². The van der Waals surface area contributed by atoms with Crippen molar-refractivity contribution >= 4 is 37.8 Å². The van der Waals surface area contributed by atoms with Crippen LogP contribution in [0, 0.1) is 0 Å². The van der Waals surface area contributed by atoms with Crippen LogP contribution in [0.25, 0.3) is 22.3 Å². The number of benzene rings is 5. The first kappa shape index (κ1) is 40.4. The molecule has 2 aliphatic heterocycles. The van der Waals surface area contributed by atoms with Crippen LogP contribution in [0.1, 0.15) is 133 Å². The van der Waals surface area contributed by atoms with Crippen molar-refractivity contribution in [3.63, 3.8) is 0 Å². The van der Waals surface area contributed by atoms with Crippen LogP contribution in [0.5, 0.6) is 0 Å². The normalized spacial score (nSPS) is 21.3. The largest absolute Gasteiger partial charge is 0.563 e. The summed E-state index contributed by atoms with van der Waals surface area (Å²) < 4.78 is 25.4. The maximum Gasteiger partial charge on any atom is 0.563 e. The molecule has 0 aromatic heterocycles. The molecular formula is C52H58B2O4S. The minimum atomic E-state index is -0.612. The Morgan fingerprint density at radius 1 is 0.525 bits per heavy atom. The lowest BCUT2D eigenvalue weighted by molar-refractivity contribution is 0.00578. The van der Waals surface area contributed by atoms with Crippen LogP contribution >= 0.6 is 12.6 Å². The van der Waals surface area contributed by atoms with Crippen LogP contribution in [0.3, 0.4) is 0 Å². The van der Waals surface area contributed by atoms with E-state index in [2.05, 4.69) is 152 Å². The molecule has 5 aromatic rings. The van der Waals surface area contributed by atoms with Crippen molar-refractivity contribution in [2.75, 3.05) is 0 Å². The molecule has 0 radical (unpaired) electrons. The summed E-state index contributed by atoms with van der Waals surface area (Å²) >= 11 is 5.50. The van der Waals surface area contributed by atoms with E-state index in [4.69, 9.17) is 31.2 Å². The molecule has 59 heavy (non-hydrogen) atoms. The summed E-state index contributed by atoms with van der Waals surface area (Å²) in [7, 11) is -0.999. The molecular weight excluding hydrogens is 742 g/mol. The van der Waals surface area contributed by atoms with E-state index >= 15 is 0 Å². The molecule has 9 rings (SSSR count). The van der Waals surface area contributed by atoms with Gasteiger partial charge in [-0.3, -0.25) is 0 Å². The van der Waals surface area contributed by atoms with E-state index in [9.17, 15) is 0 Å². The van der Waals surface area contributed by atoms with Gasteiger partial charge in [0.15, 0.2) is 0 Å². The first-order chi connectivity index (χ1) is 28.0. The van der Waals surface area contributed by atoms with Gasteiger partial charge in [0.2, 0.25) is 0 Å². The second-order valence-electron chi connectivity index (χ2n) is 19.1. The maximum atomic E-state index is 6.71. The summed E-state index contributed by atoms with van der Waals surface area (Å²) in [6.45, 7) is 23.4. The molecule has 4 nitrogen and oxygen atoms in total. The second-order valence-corrected chi connectivity index (χ2v) is 20.0. The van der Waals surface area contributed by atoms with Gasteiger partial charge < -0.3 is 18.6 Å². The van der Waals surface area contributed by atoms with Crippen LogP contribution < -0.4 is 10.9 Å². The van der Waals surface area contributed by atoms with Crippen molar-refractivity contribution in [1.29, 1.82) is 0 Å². The zero-order chi connectivity index (χ0) is 41.7. The van der Waals surface area contributed by atoms with Gasteiger partial charge in [0.25, 0.3) is 0 Å². The monoisotopic (exact) mass is 800 g/mol. The third-order valence-electron chi connectivity index (χ3n) is 14.2. The molecule has 2 fully saturated rings. The second kappa shape index (κ2) is 14.3. The van der Waals surface area contributed by atoms with E-state index in [1.165, 1.54) is 86.9 Å². The van der Waals surface area contributed by atoms with Gasteiger partial charge >= 0.3 is 14.2 Å². The zero-order valence-corrected chi connectivity index (χ0v) is 37.3. The van der Waals surface area contributed by atoms with Crippen molar-refractivity contribution in [3.8, 4) is 22.3 Å². The molecule has 2 aliphatic carbocycles. The molecule has 4 aliphatic rings. The Bertz CT molecular complexity index is 2400. The van der Waals surface area contributed by atoms with E-state index in [1.54, 1.807) is 0 Å². The van der Waals surface area contributed by atoms with Gasteiger partial charge in [0.05, 0.1) is 27.1 Å². The predicted molar refractivity (Wildman–Crippen MR) is 248 cm³/mol. The Morgan fingerprint density at radius 2 is 0.966 bits per heavy atom. The number of rotatable bonds is 10. The molecule has 5 aromatic carbocycles. The fourth-order valence-corrected chi connectivity index (χ4v) is 10.2. The molecule has 0 spiro atoms. The maximum absolute atomic E-state index is 6.71. The molecule has 2 saturated heterocycles. The lowest BCUT2D eigenvalue weighted by Gasteiger charge is -2.35. The first-order valence-electron chi connectivity index (χ1n) is 21.8. The highest BCUT2D eigenvalue weighted by Gasteiger charge is 2.54. The number of aryl methyl sites for hydroxylation is 2. The molecule has 7 heteroatoms. The Hall–Kier alpha value is -4.00. The molecule has 1 unspecified atom stereocenters. The summed E-state index contributed by atoms with van der Waals surface area (Å²) in [5, 5.41) is 0. The van der Waals surface area contributed by atoms with E-state index in [-0.39, 0.29) is 0 Å². The van der Waals surface area contributed by atoms with Gasteiger partial charge in [0.1, 0.15) is 5.60 Å². The Kier molecular flexibility index (Phi) is 9.79. The van der Waals surface area contributed by atoms with E-state index in [0.717, 1.165) is 29.3 Å². The van der Waals surface area contributed by atoms with E-state index < -0.39 is 41.2 Å². The molecule has 1 atom stereocenters. The van der Waals surface area contributed by atoms with Gasteiger partial charge in [0, 0.05) is 0 Å². The fourth-order valence-electron chi connectivity index (χ4n) is 9.79. The topological polar surface area (TPSA) is 36.9 Å². The molecule has 0 amide bonds. The summed E-state index contributed by atoms with van der Waals surface area (Å²) in [4.78, 5) is 0. The van der Waals surface area contributed by atoms with Crippen molar-refractivity contribution in [2.24, 2.45) is 0 Å². The number of unbranched alkanes of at least 4 members (excludes halogenated alkanes) is 2. The van der Waals surface area contributed by atoms with E-state index in [1.807, 2.05) is 13.8 Å². The summed E-state index contributed by atoms with van der Waals surface area (Å²) in [5.74, 6) is 0.643. The van der Waals surface area contributed by atoms with Crippen LogP contribution in [0.15, 0.2) is 109 Å². The van der Waals surface area contributed by atoms with Crippen LogP contribution in [-0.4, -0.2) is 31.0 Å². The number of fused-ring (bicyclic) bond motifs is 6. The Labute approximate surface area is 358 Å². The lowest BCUT2D eigenvalue weighted by Crippen LogP contribution is -2.41. The molecule has 302 valence electrons. The number of hydrogen-bond donors (Lipinski definition) is 1. The summed E-state index contributed by atoms with van der Waals surface area (Å²) in [5.41, 5.74) is 14.9. The van der Waals surface area contributed by atoms with Crippen LogP contribution in [0.2, 0.25) is 0 Å². The third kappa shape index (κ3) is 6.32. The highest BCUT2D eigenvalue weighted by molar-refractivity contribution is 7.81. The van der Waals surface area contributed by atoms with Gasteiger partial charge in [-0.15, -0.1) is 0 Å². The smallest absolute Gasteiger partial charge is 0.534 e. The molecule has 0 bridgehead atoms. The van der Waals surface area contributed by atoms with E-state index in [0.29, 0.717) is 5.76 Å². The van der Waals surface area contributed by atoms with Crippen LogP contribution in [-0.2, 0) is 41.6 Å². The Balaban J connectivity index is 1.28. The molecule has 0 N–H and O–H groups in total. The van der Waals surface area contributed by atoms with Gasteiger partial charge in [-0.05, 0) is 164 Å². The third-order valence-corrected chi connectivity index (χ3v) is 14.7. The summed E-state index contributed by atoms with van der Waals surface area (Å²) in [6, 6.07) is 37.5. The highest BCUT2D eigenvalue weighted by atomic mass is 32.1. The number of thiol groups is 1. The zero-order valence-electron chi connectivity index (χ0n) is 36.4. The molecule has 0 saturated carbocycles. The van der Waals surface area contributed by atoms with Gasteiger partial charge in [-0.25, -0.2) is 0 Å². The van der Waals surface area contributed by atoms with Gasteiger partial charge in [-0.1, -0.05) is 118 Å². The number of hydrogen-bond acceptors (Lipinski definition) is 5. The first-order valence-corrected chi connectivity index (χ1v) is 22.3. The van der Waals surface area contributed by atoms with Crippen molar-refractivity contribution in [1.82, 2.24) is 0 Å². The SMILES string of the molecule is C=C1OB(c2ccc3c(c2)C(C)(S)c2cc4c(cc2-3)C(c2ccc(CCCC)cc2)(c2ccc(CCCC)cc2)c2cc(B3OC(C)(C)C(C)(C)O3)ccc2-4)OC1(C)C. The summed E-state index contributed by atoms with van der Waals surface area (Å²) in [6.07, 6.45) is 6.84. The van der Waals surface area contributed by atoms with Gasteiger partial charge in [-0.2, -0.15) is 12.6 Å². The minimum Gasteiger partial charge on any atom is -0.534 e. The van der Waals surface area contributed by atoms with Crippen molar-refractivity contribution < 1.29 is 18.6 Å².